The number of benzene rings is 1. The van der Waals surface area contributed by atoms with Crippen molar-refractivity contribution in [3.05, 3.63) is 51.3 Å². The van der Waals surface area contributed by atoms with Gasteiger partial charge in [-0.1, -0.05) is 49.1 Å². The SMILES string of the molecule is Cc1ccc(C2SCC(=O)Nc3c2c(=O)[nH]n3C2CCCCC2)cc1. The molecular weight excluding hydrogens is 334 g/mol. The monoisotopic (exact) mass is 357 g/mol. The zero-order chi connectivity index (χ0) is 17.4. The first-order valence-corrected chi connectivity index (χ1v) is 10.0. The summed E-state index contributed by atoms with van der Waals surface area (Å²) in [7, 11) is 0. The van der Waals surface area contributed by atoms with Gasteiger partial charge in [-0.2, -0.15) is 0 Å². The molecule has 1 aliphatic heterocycles. The maximum absolute atomic E-state index is 12.8. The van der Waals surface area contributed by atoms with Crippen molar-refractivity contribution in [1.29, 1.82) is 0 Å². The highest BCUT2D eigenvalue weighted by Crippen LogP contribution is 2.41. The molecule has 4 rings (SSSR count). The van der Waals surface area contributed by atoms with Crippen molar-refractivity contribution in [2.24, 2.45) is 0 Å². The van der Waals surface area contributed by atoms with Gasteiger partial charge in [-0.05, 0) is 25.3 Å². The van der Waals surface area contributed by atoms with E-state index in [4.69, 9.17) is 0 Å². The third kappa shape index (κ3) is 3.15. The number of carbonyl (C=O) groups excluding carboxylic acids is 1. The van der Waals surface area contributed by atoms with E-state index < -0.39 is 0 Å². The number of rotatable bonds is 2. The summed E-state index contributed by atoms with van der Waals surface area (Å²) < 4.78 is 1.93. The standard InChI is InChI=1S/C19H23N3O2S/c1-12-7-9-13(10-8-12)17-16-18(20-15(23)11-25-17)22(21-19(16)24)14-5-3-2-4-6-14/h7-10,14,17H,2-6,11H2,1H3,(H,20,23)(H,21,24). The summed E-state index contributed by atoms with van der Waals surface area (Å²) >= 11 is 1.52. The molecule has 0 radical (unpaired) electrons. The predicted octanol–water partition coefficient (Wildman–Crippen LogP) is 3.76. The molecule has 1 atom stereocenters. The summed E-state index contributed by atoms with van der Waals surface area (Å²) in [6, 6.07) is 8.50. The third-order valence-corrected chi connectivity index (χ3v) is 6.45. The predicted molar refractivity (Wildman–Crippen MR) is 101 cm³/mol. The number of aryl methyl sites for hydroxylation is 1. The van der Waals surface area contributed by atoms with Crippen LogP contribution >= 0.6 is 11.8 Å². The topological polar surface area (TPSA) is 66.9 Å². The van der Waals surface area contributed by atoms with Gasteiger partial charge < -0.3 is 5.32 Å². The lowest BCUT2D eigenvalue weighted by atomic mass is 9.95. The molecule has 2 N–H and O–H groups in total. The minimum atomic E-state index is -0.122. The van der Waals surface area contributed by atoms with E-state index in [1.165, 1.54) is 36.6 Å². The number of nitrogens with zero attached hydrogens (tertiary/aromatic N) is 1. The zero-order valence-electron chi connectivity index (χ0n) is 14.4. The summed E-state index contributed by atoms with van der Waals surface area (Å²) in [5.41, 5.74) is 2.86. The molecular formula is C19H23N3O2S. The highest BCUT2D eigenvalue weighted by molar-refractivity contribution is 8.00. The van der Waals surface area contributed by atoms with E-state index in [9.17, 15) is 9.59 Å². The molecule has 1 aromatic carbocycles. The van der Waals surface area contributed by atoms with E-state index in [1.807, 2.05) is 11.6 Å². The first-order valence-electron chi connectivity index (χ1n) is 8.96. The van der Waals surface area contributed by atoms with Crippen molar-refractivity contribution < 1.29 is 4.79 Å². The second kappa shape index (κ2) is 6.75. The molecule has 0 saturated heterocycles. The average molecular weight is 357 g/mol. The number of hydrogen-bond donors (Lipinski definition) is 2. The van der Waals surface area contributed by atoms with Crippen molar-refractivity contribution in [2.75, 3.05) is 11.1 Å². The first kappa shape index (κ1) is 16.5. The summed E-state index contributed by atoms with van der Waals surface area (Å²) in [5, 5.41) is 5.89. The lowest BCUT2D eigenvalue weighted by molar-refractivity contribution is -0.113. The molecule has 5 nitrogen and oxygen atoms in total. The Balaban J connectivity index is 1.81. The lowest BCUT2D eigenvalue weighted by Gasteiger charge is -2.24. The number of aromatic amines is 1. The molecule has 0 bridgehead atoms. The molecule has 1 fully saturated rings. The summed E-state index contributed by atoms with van der Waals surface area (Å²) in [6.07, 6.45) is 5.69. The Bertz CT molecular complexity index is 831. The van der Waals surface area contributed by atoms with Crippen LogP contribution in [0.2, 0.25) is 0 Å². The Morgan fingerprint density at radius 1 is 1.08 bits per heavy atom. The van der Waals surface area contributed by atoms with Crippen LogP contribution in [0.5, 0.6) is 0 Å². The molecule has 1 unspecified atom stereocenters. The minimum Gasteiger partial charge on any atom is -0.310 e. The van der Waals surface area contributed by atoms with Gasteiger partial charge in [-0.3, -0.25) is 19.4 Å². The maximum Gasteiger partial charge on any atom is 0.270 e. The molecule has 2 heterocycles. The fourth-order valence-corrected chi connectivity index (χ4v) is 4.99. The van der Waals surface area contributed by atoms with Gasteiger partial charge >= 0.3 is 0 Å². The van der Waals surface area contributed by atoms with Crippen molar-refractivity contribution in [2.45, 2.75) is 50.3 Å². The van der Waals surface area contributed by atoms with Gasteiger partial charge in [0.05, 0.1) is 22.6 Å². The van der Waals surface area contributed by atoms with Gasteiger partial charge in [-0.15, -0.1) is 11.8 Å². The molecule has 132 valence electrons. The molecule has 2 aliphatic rings. The highest BCUT2D eigenvalue weighted by Gasteiger charge is 2.32. The number of amides is 1. The number of nitrogens with one attached hydrogen (secondary N) is 2. The quantitative estimate of drug-likeness (QED) is 0.860. The average Bonchev–Trinajstić information content (AvgIpc) is 2.83. The van der Waals surface area contributed by atoms with Crippen LogP contribution in [0.1, 0.15) is 60.1 Å². The van der Waals surface area contributed by atoms with Crippen LogP contribution in [0.25, 0.3) is 0 Å². The normalized spacial score (nSPS) is 21.5. The van der Waals surface area contributed by atoms with Crippen LogP contribution in [-0.2, 0) is 4.79 Å². The van der Waals surface area contributed by atoms with Crippen LogP contribution in [-0.4, -0.2) is 21.4 Å². The van der Waals surface area contributed by atoms with Crippen molar-refractivity contribution in [3.8, 4) is 0 Å². The summed E-state index contributed by atoms with van der Waals surface area (Å²) in [4.78, 5) is 25.1. The Morgan fingerprint density at radius 3 is 2.52 bits per heavy atom. The van der Waals surface area contributed by atoms with Gasteiger partial charge in [0.15, 0.2) is 0 Å². The number of carbonyl (C=O) groups is 1. The highest BCUT2D eigenvalue weighted by atomic mass is 32.2. The van der Waals surface area contributed by atoms with Crippen LogP contribution < -0.4 is 10.9 Å². The fourth-order valence-electron chi connectivity index (χ4n) is 3.86. The summed E-state index contributed by atoms with van der Waals surface area (Å²) in [5.74, 6) is 0.999. The van der Waals surface area contributed by atoms with Gasteiger partial charge in [0.1, 0.15) is 5.82 Å². The number of aromatic nitrogens is 2. The van der Waals surface area contributed by atoms with E-state index in [0.717, 1.165) is 18.4 Å². The van der Waals surface area contributed by atoms with E-state index in [0.29, 0.717) is 17.1 Å². The molecule has 1 aromatic heterocycles. The number of hydrogen-bond acceptors (Lipinski definition) is 3. The van der Waals surface area contributed by atoms with E-state index in [1.54, 1.807) is 0 Å². The second-order valence-electron chi connectivity index (χ2n) is 7.01. The first-order chi connectivity index (χ1) is 12.1. The van der Waals surface area contributed by atoms with E-state index in [-0.39, 0.29) is 22.8 Å². The number of anilines is 1. The Morgan fingerprint density at radius 2 is 1.80 bits per heavy atom. The Labute approximate surface area is 151 Å². The molecule has 0 spiro atoms. The van der Waals surface area contributed by atoms with Crippen molar-refractivity contribution in [1.82, 2.24) is 9.78 Å². The smallest absolute Gasteiger partial charge is 0.270 e. The number of thioether (sulfide) groups is 1. The molecule has 2 aromatic rings. The van der Waals surface area contributed by atoms with E-state index >= 15 is 0 Å². The van der Waals surface area contributed by atoms with Crippen molar-refractivity contribution in [3.63, 3.8) is 0 Å². The molecule has 1 saturated carbocycles. The molecule has 1 aliphatic carbocycles. The van der Waals surface area contributed by atoms with Crippen LogP contribution in [0, 0.1) is 6.92 Å². The van der Waals surface area contributed by atoms with Crippen molar-refractivity contribution >= 4 is 23.5 Å². The van der Waals surface area contributed by atoms with Gasteiger partial charge in [0, 0.05) is 0 Å². The fraction of sp³-hybridized carbons (Fsp3) is 0.474. The molecule has 25 heavy (non-hydrogen) atoms. The largest absolute Gasteiger partial charge is 0.310 e. The number of H-pyrrole nitrogens is 1. The maximum atomic E-state index is 12.8. The Kier molecular flexibility index (Phi) is 4.46. The van der Waals surface area contributed by atoms with E-state index in [2.05, 4.69) is 34.7 Å². The Hall–Kier alpha value is -1.95. The lowest BCUT2D eigenvalue weighted by Crippen LogP contribution is -2.21. The second-order valence-corrected chi connectivity index (χ2v) is 8.11. The van der Waals surface area contributed by atoms with Crippen LogP contribution in [0.4, 0.5) is 5.82 Å². The summed E-state index contributed by atoms with van der Waals surface area (Å²) in [6.45, 7) is 2.05. The minimum absolute atomic E-state index is 0.0376. The zero-order valence-corrected chi connectivity index (χ0v) is 15.2. The van der Waals surface area contributed by atoms with Crippen LogP contribution in [0.3, 0.4) is 0 Å². The van der Waals surface area contributed by atoms with Crippen LogP contribution in [0.15, 0.2) is 29.1 Å². The molecule has 1 amide bonds. The third-order valence-electron chi connectivity index (χ3n) is 5.18. The van der Waals surface area contributed by atoms with Gasteiger partial charge in [-0.25, -0.2) is 0 Å². The van der Waals surface area contributed by atoms with Gasteiger partial charge in [0.2, 0.25) is 5.91 Å². The number of fused-ring (bicyclic) bond motifs is 1. The molecule has 6 heteroatoms. The van der Waals surface area contributed by atoms with Gasteiger partial charge in [0.25, 0.3) is 5.56 Å².